The summed E-state index contributed by atoms with van der Waals surface area (Å²) in [5, 5.41) is 4.26. The summed E-state index contributed by atoms with van der Waals surface area (Å²) in [7, 11) is 1.75. The van der Waals surface area contributed by atoms with Crippen molar-refractivity contribution in [1.82, 2.24) is 29.2 Å². The first-order valence-electron chi connectivity index (χ1n) is 9.89. The Morgan fingerprint density at radius 2 is 2.00 bits per heavy atom. The summed E-state index contributed by atoms with van der Waals surface area (Å²) in [6.45, 7) is 1.58. The minimum absolute atomic E-state index is 0.131. The molecular formula is C20H17ClFN7O2. The Balaban J connectivity index is 1.17. The minimum Gasteiger partial charge on any atom is -0.368 e. The van der Waals surface area contributed by atoms with Gasteiger partial charge < -0.3 is 14.0 Å². The van der Waals surface area contributed by atoms with Gasteiger partial charge in [0.25, 0.3) is 5.56 Å². The molecule has 4 heterocycles. The van der Waals surface area contributed by atoms with Crippen LogP contribution in [0.1, 0.15) is 17.6 Å². The van der Waals surface area contributed by atoms with Gasteiger partial charge in [0.05, 0.1) is 17.0 Å². The number of imidazole rings is 1. The van der Waals surface area contributed by atoms with Crippen molar-refractivity contribution in [2.24, 2.45) is 18.9 Å². The van der Waals surface area contributed by atoms with Crippen LogP contribution in [-0.2, 0) is 13.6 Å². The molecule has 0 radical (unpaired) electrons. The molecule has 0 N–H and O–H groups in total. The molecule has 1 aromatic carbocycles. The van der Waals surface area contributed by atoms with Crippen molar-refractivity contribution < 1.29 is 8.91 Å². The molecule has 1 saturated heterocycles. The number of halogens is 2. The van der Waals surface area contributed by atoms with Crippen molar-refractivity contribution >= 4 is 28.5 Å². The summed E-state index contributed by atoms with van der Waals surface area (Å²) in [5.74, 6) is 1.48. The van der Waals surface area contributed by atoms with Crippen LogP contribution in [0.25, 0.3) is 11.2 Å². The maximum atomic E-state index is 14.3. The third-order valence-electron chi connectivity index (χ3n) is 6.25. The van der Waals surface area contributed by atoms with Gasteiger partial charge in [0, 0.05) is 26.1 Å². The SMILES string of the molecule is Cn1cnc2ncn(Cc3nc([C@H]4[C@@H]5CN(c6cccc(Cl)c6F)C[C@@H]54)no3)c(=O)c21. The van der Waals surface area contributed by atoms with E-state index in [1.54, 1.807) is 36.1 Å². The van der Waals surface area contributed by atoms with Gasteiger partial charge in [0.1, 0.15) is 12.9 Å². The van der Waals surface area contributed by atoms with Gasteiger partial charge in [-0.25, -0.2) is 14.4 Å². The van der Waals surface area contributed by atoms with E-state index in [4.69, 9.17) is 16.1 Å². The van der Waals surface area contributed by atoms with Crippen molar-refractivity contribution in [2.75, 3.05) is 18.0 Å². The van der Waals surface area contributed by atoms with E-state index < -0.39 is 0 Å². The van der Waals surface area contributed by atoms with Gasteiger partial charge in [-0.05, 0) is 24.0 Å². The van der Waals surface area contributed by atoms with E-state index in [0.717, 1.165) is 13.1 Å². The molecule has 31 heavy (non-hydrogen) atoms. The Kier molecular flexibility index (Phi) is 3.95. The van der Waals surface area contributed by atoms with Gasteiger partial charge in [-0.15, -0.1) is 0 Å². The Bertz CT molecular complexity index is 1370. The highest BCUT2D eigenvalue weighted by atomic mass is 35.5. The van der Waals surface area contributed by atoms with Gasteiger partial charge in [-0.1, -0.05) is 22.8 Å². The summed E-state index contributed by atoms with van der Waals surface area (Å²) in [6.07, 6.45) is 2.99. The van der Waals surface area contributed by atoms with Crippen LogP contribution in [0.15, 0.2) is 40.2 Å². The number of piperidine rings is 1. The molecule has 0 unspecified atom stereocenters. The first kappa shape index (κ1) is 18.5. The first-order valence-corrected chi connectivity index (χ1v) is 10.3. The van der Waals surface area contributed by atoms with Gasteiger partial charge >= 0.3 is 0 Å². The van der Waals surface area contributed by atoms with E-state index >= 15 is 0 Å². The van der Waals surface area contributed by atoms with Crippen molar-refractivity contribution in [2.45, 2.75) is 12.5 Å². The fraction of sp³-hybridized carbons (Fsp3) is 0.350. The monoisotopic (exact) mass is 441 g/mol. The van der Waals surface area contributed by atoms with Crippen molar-refractivity contribution in [3.63, 3.8) is 0 Å². The highest BCUT2D eigenvalue weighted by molar-refractivity contribution is 6.31. The lowest BCUT2D eigenvalue weighted by Gasteiger charge is -2.22. The standard InChI is InChI=1S/C20H17ClFN7O2/c1-27-8-23-19-17(27)20(30)29(9-24-19)7-14-25-18(26-31-14)15-10-5-28(6-11(10)15)13-4-2-3-12(21)16(13)22/h2-4,8-11,15H,5-7H2,1H3/t10-,11+,15+. The van der Waals surface area contributed by atoms with Crippen molar-refractivity contribution in [3.05, 3.63) is 63.8 Å². The van der Waals surface area contributed by atoms with Crippen LogP contribution < -0.4 is 10.5 Å². The number of hydrogen-bond acceptors (Lipinski definition) is 7. The average Bonchev–Trinajstić information content (AvgIpc) is 3.18. The lowest BCUT2D eigenvalue weighted by molar-refractivity contribution is 0.363. The summed E-state index contributed by atoms with van der Waals surface area (Å²) >= 11 is 5.91. The maximum Gasteiger partial charge on any atom is 0.280 e. The fourth-order valence-electron chi connectivity index (χ4n) is 4.64. The number of benzene rings is 1. The van der Waals surface area contributed by atoms with E-state index in [2.05, 4.69) is 20.1 Å². The van der Waals surface area contributed by atoms with E-state index in [-0.39, 0.29) is 28.9 Å². The molecule has 11 heteroatoms. The molecule has 0 bridgehead atoms. The van der Waals surface area contributed by atoms with Gasteiger partial charge in [-0.3, -0.25) is 9.36 Å². The Morgan fingerprint density at radius 3 is 2.81 bits per heavy atom. The zero-order valence-corrected chi connectivity index (χ0v) is 17.2. The lowest BCUT2D eigenvalue weighted by atomic mass is 10.2. The summed E-state index contributed by atoms with van der Waals surface area (Å²) < 4.78 is 22.8. The van der Waals surface area contributed by atoms with Crippen LogP contribution in [0.2, 0.25) is 5.02 Å². The third kappa shape index (κ3) is 2.85. The molecule has 6 rings (SSSR count). The molecule has 1 saturated carbocycles. The third-order valence-corrected chi connectivity index (χ3v) is 6.55. The minimum atomic E-state index is -0.381. The van der Waals surface area contributed by atoms with E-state index in [1.165, 1.54) is 10.9 Å². The topological polar surface area (TPSA) is 94.9 Å². The molecule has 1 aliphatic heterocycles. The number of anilines is 1. The van der Waals surface area contributed by atoms with Crippen LogP contribution >= 0.6 is 11.6 Å². The predicted molar refractivity (Wildman–Crippen MR) is 110 cm³/mol. The highest BCUT2D eigenvalue weighted by Crippen LogP contribution is 2.58. The van der Waals surface area contributed by atoms with E-state index in [0.29, 0.717) is 40.4 Å². The second-order valence-electron chi connectivity index (χ2n) is 8.08. The van der Waals surface area contributed by atoms with Crippen LogP contribution in [0.4, 0.5) is 10.1 Å². The van der Waals surface area contributed by atoms with Crippen LogP contribution in [0, 0.1) is 17.7 Å². The molecule has 2 fully saturated rings. The molecule has 9 nitrogen and oxygen atoms in total. The number of aromatic nitrogens is 6. The quantitative estimate of drug-likeness (QED) is 0.479. The normalized spacial score (nSPS) is 22.3. The Labute approximate surface area is 180 Å². The number of aryl methyl sites for hydroxylation is 1. The summed E-state index contributed by atoms with van der Waals surface area (Å²) in [4.78, 5) is 27.5. The first-order chi connectivity index (χ1) is 15.0. The molecule has 3 aromatic heterocycles. The molecular weight excluding hydrogens is 425 g/mol. The lowest BCUT2D eigenvalue weighted by Crippen LogP contribution is -2.24. The average molecular weight is 442 g/mol. The van der Waals surface area contributed by atoms with Gasteiger partial charge in [0.2, 0.25) is 5.89 Å². The van der Waals surface area contributed by atoms with Crippen LogP contribution in [-0.4, -0.2) is 42.3 Å². The molecule has 158 valence electrons. The number of rotatable bonds is 4. The molecule has 3 atom stereocenters. The number of fused-ring (bicyclic) bond motifs is 2. The summed E-state index contributed by atoms with van der Waals surface area (Å²) in [5.41, 5.74) is 1.14. The van der Waals surface area contributed by atoms with Crippen LogP contribution in [0.5, 0.6) is 0 Å². The van der Waals surface area contributed by atoms with Crippen molar-refractivity contribution in [1.29, 1.82) is 0 Å². The Morgan fingerprint density at radius 1 is 1.23 bits per heavy atom. The van der Waals surface area contributed by atoms with E-state index in [1.807, 2.05) is 4.90 Å². The second-order valence-corrected chi connectivity index (χ2v) is 8.49. The molecule has 0 spiro atoms. The van der Waals surface area contributed by atoms with Gasteiger partial charge in [0.15, 0.2) is 22.8 Å². The maximum absolute atomic E-state index is 14.3. The fourth-order valence-corrected chi connectivity index (χ4v) is 4.81. The second kappa shape index (κ2) is 6.61. The van der Waals surface area contributed by atoms with E-state index in [9.17, 15) is 9.18 Å². The number of hydrogen-bond donors (Lipinski definition) is 0. The zero-order chi connectivity index (χ0) is 21.3. The van der Waals surface area contributed by atoms with Crippen LogP contribution in [0.3, 0.4) is 0 Å². The van der Waals surface area contributed by atoms with Gasteiger partial charge in [-0.2, -0.15) is 4.98 Å². The molecule has 2 aliphatic rings. The molecule has 4 aromatic rings. The zero-order valence-electron chi connectivity index (χ0n) is 16.4. The number of nitrogens with zero attached hydrogens (tertiary/aromatic N) is 7. The molecule has 0 amide bonds. The largest absolute Gasteiger partial charge is 0.368 e. The predicted octanol–water partition coefficient (Wildman–Crippen LogP) is 2.20. The Hall–Kier alpha value is -3.27. The highest BCUT2D eigenvalue weighted by Gasteiger charge is 2.58. The van der Waals surface area contributed by atoms with Crippen molar-refractivity contribution in [3.8, 4) is 0 Å². The summed E-state index contributed by atoms with van der Waals surface area (Å²) in [6, 6.07) is 5.05. The molecule has 1 aliphatic carbocycles. The smallest absolute Gasteiger partial charge is 0.280 e.